The van der Waals surface area contributed by atoms with Crippen LogP contribution in [0.1, 0.15) is 18.1 Å². The summed E-state index contributed by atoms with van der Waals surface area (Å²) in [5, 5.41) is 17.4. The maximum atomic E-state index is 11.7. The van der Waals surface area contributed by atoms with Crippen LogP contribution in [0.5, 0.6) is 0 Å². The number of hydrogen-bond donors (Lipinski definition) is 4. The number of nitrogens with one attached hydrogen (secondary N) is 2. The molecular formula is C14H22N4O3. The van der Waals surface area contributed by atoms with Crippen molar-refractivity contribution in [1.29, 1.82) is 0 Å². The molecular weight excluding hydrogens is 272 g/mol. The van der Waals surface area contributed by atoms with E-state index in [4.69, 9.17) is 15.7 Å². The highest BCUT2D eigenvalue weighted by Crippen LogP contribution is 2.04. The van der Waals surface area contributed by atoms with E-state index in [9.17, 15) is 4.79 Å². The zero-order chi connectivity index (χ0) is 15.7. The Labute approximate surface area is 124 Å². The van der Waals surface area contributed by atoms with Crippen LogP contribution in [0.15, 0.2) is 29.4 Å². The molecule has 0 aromatic heterocycles. The second kappa shape index (κ2) is 8.93. The minimum atomic E-state index is -0.300. The number of carbonyl (C=O) groups is 1. The number of oxime groups is 1. The Bertz CT molecular complexity index is 474. The van der Waals surface area contributed by atoms with Gasteiger partial charge in [0.25, 0.3) is 0 Å². The van der Waals surface area contributed by atoms with E-state index in [1.807, 2.05) is 12.1 Å². The number of nitrogens with two attached hydrogens (primary N) is 1. The second-order valence-corrected chi connectivity index (χ2v) is 4.57. The number of hydrogen-bond acceptors (Lipinski definition) is 5. The molecule has 0 aliphatic heterocycles. The molecule has 0 bridgehead atoms. The molecule has 0 radical (unpaired) electrons. The van der Waals surface area contributed by atoms with Crippen molar-refractivity contribution >= 4 is 11.7 Å². The van der Waals surface area contributed by atoms with Gasteiger partial charge < -0.3 is 26.3 Å². The summed E-state index contributed by atoms with van der Waals surface area (Å²) in [6.45, 7) is 3.34. The lowest BCUT2D eigenvalue weighted by atomic mass is 10.1. The molecule has 21 heavy (non-hydrogen) atoms. The fourth-order valence-electron chi connectivity index (χ4n) is 1.64. The molecule has 1 aromatic rings. The van der Waals surface area contributed by atoms with Crippen molar-refractivity contribution in [2.75, 3.05) is 20.3 Å². The van der Waals surface area contributed by atoms with Gasteiger partial charge in [0.05, 0.1) is 12.6 Å². The SMILES string of the molecule is COCCNC(=O)C(C)NCc1ccc(/C(N)=N/O)cc1. The van der Waals surface area contributed by atoms with Crippen molar-refractivity contribution < 1.29 is 14.7 Å². The van der Waals surface area contributed by atoms with Gasteiger partial charge in [0, 0.05) is 25.8 Å². The van der Waals surface area contributed by atoms with Gasteiger partial charge in [-0.1, -0.05) is 29.4 Å². The maximum absolute atomic E-state index is 11.7. The van der Waals surface area contributed by atoms with Gasteiger partial charge in [-0.05, 0) is 12.5 Å². The Balaban J connectivity index is 2.42. The van der Waals surface area contributed by atoms with E-state index in [0.717, 1.165) is 5.56 Å². The second-order valence-electron chi connectivity index (χ2n) is 4.57. The lowest BCUT2D eigenvalue weighted by molar-refractivity contribution is -0.122. The van der Waals surface area contributed by atoms with Crippen LogP contribution < -0.4 is 16.4 Å². The molecule has 5 N–H and O–H groups in total. The fourth-order valence-corrected chi connectivity index (χ4v) is 1.64. The molecule has 7 heteroatoms. The number of nitrogens with zero attached hydrogens (tertiary/aromatic N) is 1. The average Bonchev–Trinajstić information content (AvgIpc) is 2.52. The number of carbonyl (C=O) groups excluding carboxylic acids is 1. The predicted molar refractivity (Wildman–Crippen MR) is 80.1 cm³/mol. The number of rotatable bonds is 8. The normalized spacial score (nSPS) is 13.0. The highest BCUT2D eigenvalue weighted by atomic mass is 16.5. The van der Waals surface area contributed by atoms with Gasteiger partial charge in [-0.3, -0.25) is 4.79 Å². The Morgan fingerprint density at radius 3 is 2.67 bits per heavy atom. The zero-order valence-corrected chi connectivity index (χ0v) is 12.3. The van der Waals surface area contributed by atoms with Crippen LogP contribution in [0.3, 0.4) is 0 Å². The summed E-state index contributed by atoms with van der Waals surface area (Å²) in [5.74, 6) is 0.000673. The molecule has 7 nitrogen and oxygen atoms in total. The maximum Gasteiger partial charge on any atom is 0.236 e. The summed E-state index contributed by atoms with van der Waals surface area (Å²) in [7, 11) is 1.59. The van der Waals surface area contributed by atoms with Gasteiger partial charge in [0.15, 0.2) is 5.84 Å². The first-order chi connectivity index (χ1) is 10.1. The number of ether oxygens (including phenoxy) is 1. The molecule has 0 fully saturated rings. The summed E-state index contributed by atoms with van der Waals surface area (Å²) in [5.41, 5.74) is 7.13. The van der Waals surface area contributed by atoms with E-state index in [-0.39, 0.29) is 17.8 Å². The number of methoxy groups -OCH3 is 1. The molecule has 116 valence electrons. The summed E-state index contributed by atoms with van der Waals surface area (Å²) in [4.78, 5) is 11.7. The highest BCUT2D eigenvalue weighted by Gasteiger charge is 2.11. The van der Waals surface area contributed by atoms with E-state index in [2.05, 4.69) is 15.8 Å². The first-order valence-corrected chi connectivity index (χ1v) is 6.65. The Kier molecular flexibility index (Phi) is 7.20. The van der Waals surface area contributed by atoms with Crippen molar-refractivity contribution in [2.45, 2.75) is 19.5 Å². The van der Waals surface area contributed by atoms with E-state index in [1.165, 1.54) is 0 Å². The first kappa shape index (κ1) is 16.9. The van der Waals surface area contributed by atoms with Crippen LogP contribution in [0, 0.1) is 0 Å². The molecule has 1 unspecified atom stereocenters. The summed E-state index contributed by atoms with van der Waals surface area (Å²) < 4.78 is 4.87. The molecule has 1 atom stereocenters. The van der Waals surface area contributed by atoms with Crippen LogP contribution in [0.4, 0.5) is 0 Å². The van der Waals surface area contributed by atoms with Gasteiger partial charge >= 0.3 is 0 Å². The monoisotopic (exact) mass is 294 g/mol. The fraction of sp³-hybridized carbons (Fsp3) is 0.429. The van der Waals surface area contributed by atoms with E-state index >= 15 is 0 Å². The molecule has 0 saturated carbocycles. The van der Waals surface area contributed by atoms with Crippen LogP contribution in [0.2, 0.25) is 0 Å². The van der Waals surface area contributed by atoms with Crippen LogP contribution in [-0.4, -0.2) is 43.3 Å². The molecule has 1 aromatic carbocycles. The van der Waals surface area contributed by atoms with Crippen LogP contribution in [0.25, 0.3) is 0 Å². The van der Waals surface area contributed by atoms with Gasteiger partial charge in [0.2, 0.25) is 5.91 Å². The summed E-state index contributed by atoms with van der Waals surface area (Å²) >= 11 is 0. The van der Waals surface area contributed by atoms with Crippen molar-refractivity contribution in [3.8, 4) is 0 Å². The number of amides is 1. The number of amidine groups is 1. The molecule has 0 aliphatic carbocycles. The summed E-state index contributed by atoms with van der Waals surface area (Å²) in [6, 6.07) is 6.93. The largest absolute Gasteiger partial charge is 0.409 e. The number of benzene rings is 1. The van der Waals surface area contributed by atoms with Gasteiger partial charge in [-0.2, -0.15) is 0 Å². The third kappa shape index (κ3) is 5.80. The van der Waals surface area contributed by atoms with Crippen molar-refractivity contribution in [3.63, 3.8) is 0 Å². The Morgan fingerprint density at radius 1 is 1.43 bits per heavy atom. The Hall–Kier alpha value is -2.12. The first-order valence-electron chi connectivity index (χ1n) is 6.65. The molecule has 0 heterocycles. The molecule has 0 aliphatic rings. The molecule has 0 saturated heterocycles. The predicted octanol–water partition coefficient (Wildman–Crippen LogP) is 0.0218. The van der Waals surface area contributed by atoms with Crippen molar-refractivity contribution in [2.24, 2.45) is 10.9 Å². The Morgan fingerprint density at radius 2 is 2.10 bits per heavy atom. The zero-order valence-electron chi connectivity index (χ0n) is 12.3. The molecule has 1 rings (SSSR count). The molecule has 1 amide bonds. The van der Waals surface area contributed by atoms with E-state index < -0.39 is 0 Å². The van der Waals surface area contributed by atoms with Gasteiger partial charge in [-0.15, -0.1) is 0 Å². The van der Waals surface area contributed by atoms with Gasteiger partial charge in [0.1, 0.15) is 0 Å². The average molecular weight is 294 g/mol. The topological polar surface area (TPSA) is 109 Å². The highest BCUT2D eigenvalue weighted by molar-refractivity contribution is 5.96. The third-order valence-electron chi connectivity index (χ3n) is 2.97. The van der Waals surface area contributed by atoms with Crippen LogP contribution >= 0.6 is 0 Å². The lowest BCUT2D eigenvalue weighted by Crippen LogP contribution is -2.42. The minimum absolute atomic E-state index is 0.0691. The minimum Gasteiger partial charge on any atom is -0.409 e. The quantitative estimate of drug-likeness (QED) is 0.178. The summed E-state index contributed by atoms with van der Waals surface area (Å²) in [6.07, 6.45) is 0. The van der Waals surface area contributed by atoms with Crippen molar-refractivity contribution in [1.82, 2.24) is 10.6 Å². The van der Waals surface area contributed by atoms with Gasteiger partial charge in [-0.25, -0.2) is 0 Å². The standard InChI is InChI=1S/C14H22N4O3/c1-10(14(19)16-7-8-21-2)17-9-11-3-5-12(6-4-11)13(15)18-20/h3-6,10,17,20H,7-9H2,1-2H3,(H2,15,18)(H,16,19). The van der Waals surface area contributed by atoms with Crippen molar-refractivity contribution in [3.05, 3.63) is 35.4 Å². The third-order valence-corrected chi connectivity index (χ3v) is 2.97. The van der Waals surface area contributed by atoms with Crippen LogP contribution in [-0.2, 0) is 16.1 Å². The smallest absolute Gasteiger partial charge is 0.236 e. The molecule has 0 spiro atoms. The van der Waals surface area contributed by atoms with E-state index in [1.54, 1.807) is 26.2 Å². The van der Waals surface area contributed by atoms with E-state index in [0.29, 0.717) is 25.3 Å². The lowest BCUT2D eigenvalue weighted by Gasteiger charge is -2.14.